The van der Waals surface area contributed by atoms with Crippen LogP contribution in [0.4, 0.5) is 5.69 Å². The number of anilines is 1. The third-order valence-corrected chi connectivity index (χ3v) is 3.18. The van der Waals surface area contributed by atoms with Gasteiger partial charge in [0.15, 0.2) is 0 Å². The smallest absolute Gasteiger partial charge is 0.129 e. The van der Waals surface area contributed by atoms with Crippen LogP contribution < -0.4 is 9.64 Å². The Hall–Kier alpha value is -1.71. The first kappa shape index (κ1) is 12.7. The van der Waals surface area contributed by atoms with Gasteiger partial charge in [-0.1, -0.05) is 0 Å². The molecule has 4 nitrogen and oxygen atoms in total. The summed E-state index contributed by atoms with van der Waals surface area (Å²) in [6.07, 6.45) is 4.38. The van der Waals surface area contributed by atoms with Crippen LogP contribution >= 0.6 is 0 Å². The van der Waals surface area contributed by atoms with Crippen molar-refractivity contribution in [3.05, 3.63) is 23.8 Å². The molecule has 1 aromatic carbocycles. The van der Waals surface area contributed by atoms with E-state index in [1.54, 1.807) is 7.11 Å². The van der Waals surface area contributed by atoms with Crippen LogP contribution in [-0.4, -0.2) is 45.5 Å². The molecule has 0 spiro atoms. The quantitative estimate of drug-likeness (QED) is 0.763. The zero-order valence-electron chi connectivity index (χ0n) is 11.4. The van der Waals surface area contributed by atoms with Gasteiger partial charge in [-0.05, 0) is 25.0 Å². The minimum atomic E-state index is 0.865. The fraction of sp³-hybridized carbons (Fsp3) is 0.500. The third-order valence-electron chi connectivity index (χ3n) is 3.18. The van der Waals surface area contributed by atoms with Crippen molar-refractivity contribution in [1.29, 1.82) is 0 Å². The molecule has 4 heteroatoms. The molecular formula is C14H21N3O. The van der Waals surface area contributed by atoms with E-state index in [0.717, 1.165) is 30.1 Å². The van der Waals surface area contributed by atoms with E-state index in [1.165, 1.54) is 12.8 Å². The molecule has 0 radical (unpaired) electrons. The largest absolute Gasteiger partial charge is 0.496 e. The van der Waals surface area contributed by atoms with Crippen molar-refractivity contribution in [2.75, 3.05) is 39.2 Å². The first-order chi connectivity index (χ1) is 8.70. The van der Waals surface area contributed by atoms with Gasteiger partial charge in [0.1, 0.15) is 5.75 Å². The van der Waals surface area contributed by atoms with Crippen LogP contribution in [-0.2, 0) is 0 Å². The van der Waals surface area contributed by atoms with Crippen molar-refractivity contribution < 1.29 is 4.74 Å². The Balaban J connectivity index is 2.16. The highest BCUT2D eigenvalue weighted by Crippen LogP contribution is 2.23. The van der Waals surface area contributed by atoms with Crippen molar-refractivity contribution in [3.8, 4) is 5.75 Å². The van der Waals surface area contributed by atoms with E-state index in [1.807, 2.05) is 32.4 Å². The molecule has 0 atom stereocenters. The highest BCUT2D eigenvalue weighted by molar-refractivity contribution is 5.84. The summed E-state index contributed by atoms with van der Waals surface area (Å²) >= 11 is 0. The Labute approximate surface area is 109 Å². The number of hydrogen-bond acceptors (Lipinski definition) is 4. The Morgan fingerprint density at radius 3 is 2.61 bits per heavy atom. The van der Waals surface area contributed by atoms with Crippen molar-refractivity contribution in [1.82, 2.24) is 5.01 Å². The molecule has 0 aliphatic carbocycles. The predicted molar refractivity (Wildman–Crippen MR) is 75.7 cm³/mol. The second-order valence-electron chi connectivity index (χ2n) is 4.73. The Bertz CT molecular complexity index is 423. The monoisotopic (exact) mass is 247 g/mol. The molecule has 1 heterocycles. The van der Waals surface area contributed by atoms with E-state index in [0.29, 0.717) is 0 Å². The first-order valence-electron chi connectivity index (χ1n) is 6.35. The molecule has 0 aromatic heterocycles. The minimum Gasteiger partial charge on any atom is -0.496 e. The summed E-state index contributed by atoms with van der Waals surface area (Å²) < 4.78 is 5.41. The normalized spacial score (nSPS) is 15.4. The summed E-state index contributed by atoms with van der Waals surface area (Å²) in [4.78, 5) is 2.06. The highest BCUT2D eigenvalue weighted by Gasteiger charge is 2.08. The molecule has 18 heavy (non-hydrogen) atoms. The SMILES string of the molecule is COc1cc(N(C)C)ccc1/C=N/N1CCCC1. The average Bonchev–Trinajstić information content (AvgIpc) is 2.89. The molecule has 0 N–H and O–H groups in total. The van der Waals surface area contributed by atoms with Crippen LogP contribution in [0.3, 0.4) is 0 Å². The van der Waals surface area contributed by atoms with Gasteiger partial charge in [0.2, 0.25) is 0 Å². The number of hydrogen-bond donors (Lipinski definition) is 0. The highest BCUT2D eigenvalue weighted by atomic mass is 16.5. The van der Waals surface area contributed by atoms with E-state index < -0.39 is 0 Å². The molecule has 98 valence electrons. The number of benzene rings is 1. The fourth-order valence-electron chi connectivity index (χ4n) is 2.04. The van der Waals surface area contributed by atoms with Gasteiger partial charge in [-0.2, -0.15) is 5.10 Å². The lowest BCUT2D eigenvalue weighted by atomic mass is 10.2. The second-order valence-corrected chi connectivity index (χ2v) is 4.73. The van der Waals surface area contributed by atoms with Crippen molar-refractivity contribution >= 4 is 11.9 Å². The molecule has 1 aliphatic rings. The summed E-state index contributed by atoms with van der Waals surface area (Å²) in [5.41, 5.74) is 2.15. The zero-order chi connectivity index (χ0) is 13.0. The van der Waals surface area contributed by atoms with Crippen LogP contribution in [0.2, 0.25) is 0 Å². The Morgan fingerprint density at radius 2 is 2.00 bits per heavy atom. The number of methoxy groups -OCH3 is 1. The van der Waals surface area contributed by atoms with E-state index in [9.17, 15) is 0 Å². The second kappa shape index (κ2) is 5.76. The van der Waals surface area contributed by atoms with Crippen molar-refractivity contribution in [3.63, 3.8) is 0 Å². The molecule has 1 aliphatic heterocycles. The zero-order valence-corrected chi connectivity index (χ0v) is 11.4. The molecule has 0 saturated carbocycles. The van der Waals surface area contributed by atoms with Crippen molar-refractivity contribution in [2.45, 2.75) is 12.8 Å². The standard InChI is InChI=1S/C14H21N3O/c1-16(2)13-7-6-12(14(10-13)18-3)11-15-17-8-4-5-9-17/h6-7,10-11H,4-5,8-9H2,1-3H3/b15-11+. The van der Waals surface area contributed by atoms with E-state index in [4.69, 9.17) is 4.74 Å². The fourth-order valence-corrected chi connectivity index (χ4v) is 2.04. The summed E-state index contributed by atoms with van der Waals surface area (Å²) in [7, 11) is 5.74. The number of nitrogens with zero attached hydrogens (tertiary/aromatic N) is 3. The molecule has 0 unspecified atom stereocenters. The third kappa shape index (κ3) is 2.94. The van der Waals surface area contributed by atoms with Gasteiger partial charge in [0.05, 0.1) is 13.3 Å². The lowest BCUT2D eigenvalue weighted by Gasteiger charge is -2.15. The van der Waals surface area contributed by atoms with Gasteiger partial charge in [-0.25, -0.2) is 0 Å². The summed E-state index contributed by atoms with van der Waals surface area (Å²) in [5.74, 6) is 0.865. The number of ether oxygens (including phenoxy) is 1. The number of rotatable bonds is 4. The lowest BCUT2D eigenvalue weighted by Crippen LogP contribution is -2.12. The van der Waals surface area contributed by atoms with Gasteiger partial charge in [-0.3, -0.25) is 5.01 Å². The van der Waals surface area contributed by atoms with E-state index in [2.05, 4.69) is 21.1 Å². The minimum absolute atomic E-state index is 0.865. The Morgan fingerprint density at radius 1 is 1.28 bits per heavy atom. The van der Waals surface area contributed by atoms with Gasteiger partial charge >= 0.3 is 0 Å². The maximum Gasteiger partial charge on any atom is 0.129 e. The molecule has 0 amide bonds. The Kier molecular flexibility index (Phi) is 4.07. The topological polar surface area (TPSA) is 28.1 Å². The summed E-state index contributed by atoms with van der Waals surface area (Å²) in [5, 5.41) is 6.60. The van der Waals surface area contributed by atoms with Crippen LogP contribution in [0.5, 0.6) is 5.75 Å². The first-order valence-corrected chi connectivity index (χ1v) is 6.35. The summed E-state index contributed by atoms with van der Waals surface area (Å²) in [6.45, 7) is 2.13. The summed E-state index contributed by atoms with van der Waals surface area (Å²) in [6, 6.07) is 6.16. The van der Waals surface area contributed by atoms with E-state index in [-0.39, 0.29) is 0 Å². The van der Waals surface area contributed by atoms with Gasteiger partial charge in [0, 0.05) is 44.5 Å². The van der Waals surface area contributed by atoms with Crippen LogP contribution in [0.15, 0.2) is 23.3 Å². The maximum absolute atomic E-state index is 5.41. The molecule has 1 fully saturated rings. The molecular weight excluding hydrogens is 226 g/mol. The molecule has 1 aromatic rings. The molecule has 0 bridgehead atoms. The number of hydrazone groups is 1. The van der Waals surface area contributed by atoms with Crippen LogP contribution in [0.25, 0.3) is 0 Å². The van der Waals surface area contributed by atoms with Crippen molar-refractivity contribution in [2.24, 2.45) is 5.10 Å². The average molecular weight is 247 g/mol. The van der Waals surface area contributed by atoms with Gasteiger partial charge in [0.25, 0.3) is 0 Å². The maximum atomic E-state index is 5.41. The van der Waals surface area contributed by atoms with Gasteiger partial charge < -0.3 is 9.64 Å². The van der Waals surface area contributed by atoms with Crippen LogP contribution in [0, 0.1) is 0 Å². The molecule has 2 rings (SSSR count). The predicted octanol–water partition coefficient (Wildman–Crippen LogP) is 2.19. The molecule has 1 saturated heterocycles. The van der Waals surface area contributed by atoms with Gasteiger partial charge in [-0.15, -0.1) is 0 Å². The van der Waals surface area contributed by atoms with E-state index >= 15 is 0 Å². The van der Waals surface area contributed by atoms with Crippen LogP contribution in [0.1, 0.15) is 18.4 Å². The lowest BCUT2D eigenvalue weighted by molar-refractivity contribution is 0.362.